The van der Waals surface area contributed by atoms with E-state index in [-0.39, 0.29) is 26.4 Å². The van der Waals surface area contributed by atoms with Crippen molar-refractivity contribution in [1.29, 1.82) is 0 Å². The van der Waals surface area contributed by atoms with Crippen molar-refractivity contribution in [2.75, 3.05) is 213 Å². The van der Waals surface area contributed by atoms with Crippen molar-refractivity contribution in [1.82, 2.24) is 19.9 Å². The van der Waals surface area contributed by atoms with Gasteiger partial charge in [0.2, 0.25) is 0 Å². The topological polar surface area (TPSA) is 242 Å². The third-order valence-electron chi connectivity index (χ3n) is 24.9. The molecular formula is C112H174N4O20. The number of aromatic nitrogens is 4. The van der Waals surface area contributed by atoms with Gasteiger partial charge in [0.1, 0.15) is 26.4 Å². The van der Waals surface area contributed by atoms with Gasteiger partial charge in [-0.05, 0) is 98.5 Å². The van der Waals surface area contributed by atoms with Gasteiger partial charge in [-0.1, -0.05) is 259 Å². The molecule has 136 heavy (non-hydrogen) atoms. The highest BCUT2D eigenvalue weighted by Gasteiger charge is 2.27. The summed E-state index contributed by atoms with van der Waals surface area (Å²) in [4.78, 5) is 19.6. The van der Waals surface area contributed by atoms with Gasteiger partial charge in [-0.15, -0.1) is 0 Å². The molecule has 5 heterocycles. The van der Waals surface area contributed by atoms with Gasteiger partial charge in [-0.25, -0.2) is 9.97 Å². The molecule has 9 rings (SSSR count). The van der Waals surface area contributed by atoms with Gasteiger partial charge >= 0.3 is 0 Å². The Hall–Kier alpha value is -7.56. The molecule has 2 aliphatic rings. The summed E-state index contributed by atoms with van der Waals surface area (Å²) >= 11 is 0. The zero-order chi connectivity index (χ0) is 95.4. The first-order valence-corrected chi connectivity index (χ1v) is 53.0. The van der Waals surface area contributed by atoms with Gasteiger partial charge in [0.15, 0.2) is 46.0 Å². The molecule has 0 saturated heterocycles. The fourth-order valence-electron chi connectivity index (χ4n) is 17.2. The second-order valence-electron chi connectivity index (χ2n) is 36.0. The Bertz CT molecular complexity index is 4120. The highest BCUT2D eigenvalue weighted by Crippen LogP contribution is 2.49. The molecule has 3 aromatic heterocycles. The number of benzene rings is 4. The maximum Gasteiger partial charge on any atom is 0.162 e. The highest BCUT2D eigenvalue weighted by atomic mass is 16.6. The third kappa shape index (κ3) is 42.5. The lowest BCUT2D eigenvalue weighted by molar-refractivity contribution is 0.0177. The smallest absolute Gasteiger partial charge is 0.162 e. The minimum atomic E-state index is 0.260. The van der Waals surface area contributed by atoms with Crippen molar-refractivity contribution in [2.24, 2.45) is 0 Å². The van der Waals surface area contributed by atoms with E-state index in [1.165, 1.54) is 180 Å². The molecule has 0 fully saturated rings. The van der Waals surface area contributed by atoms with Crippen molar-refractivity contribution >= 4 is 43.6 Å². The summed E-state index contributed by atoms with van der Waals surface area (Å²) in [7, 11) is 6.69. The fourth-order valence-corrected chi connectivity index (χ4v) is 17.2. The minimum Gasteiger partial charge on any atom is -0.490 e. The standard InChI is InChI=1S/C112H174N4O20/c1-9-13-17-21-25-29-33-37-41-45-49-129-105-77-89-93(81-109(105)133-73-69-125-65-61-121-57-53-117-5)101-86-99-91-79-107(131-51-47-43-39-35-31-27-23-19-15-11-3)111(135-75-71-127-67-63-123-59-55-119-7)83-95(91)103(115-99)88-104-96-84-112(136-76-72-128-68-64-124-60-56-120-8)108(132-52-48-44-40-36-32-28-24-20-16-12-4)80-92(96)100(116-104)87-102-94-82-110(134-74-70-126-66-62-122-58-54-118-6)106(78-90(94)98(114-102)85-97(89)113-101)130-50-46-42-38-34-30-26-22-18-14-10-2/h77-88,113,116H,9-76H2,1-8H3. The second kappa shape index (κ2) is 71.8. The number of methoxy groups -OCH3 is 4. The average molecular weight is 1900 g/mol. The molecule has 4 aromatic carbocycles. The van der Waals surface area contributed by atoms with Gasteiger partial charge in [0.25, 0.3) is 0 Å². The van der Waals surface area contributed by atoms with E-state index in [0.717, 1.165) is 143 Å². The Labute approximate surface area is 815 Å². The minimum absolute atomic E-state index is 0.260. The van der Waals surface area contributed by atoms with Crippen LogP contribution in [0.2, 0.25) is 0 Å². The number of hydrogen-bond acceptors (Lipinski definition) is 22. The molecular weight excluding hydrogens is 1720 g/mol. The van der Waals surface area contributed by atoms with Crippen LogP contribution in [0.5, 0.6) is 46.0 Å². The van der Waals surface area contributed by atoms with Gasteiger partial charge in [-0.3, -0.25) is 0 Å². The molecule has 8 bridgehead atoms. The van der Waals surface area contributed by atoms with Gasteiger partial charge in [-0.2, -0.15) is 0 Å². The first kappa shape index (κ1) is 112. The quantitative estimate of drug-likeness (QED) is 0.0337. The van der Waals surface area contributed by atoms with Crippen LogP contribution in [0.25, 0.3) is 88.6 Å². The van der Waals surface area contributed by atoms with Crippen LogP contribution in [0.15, 0.2) is 72.8 Å². The first-order valence-electron chi connectivity index (χ1n) is 53.0. The number of aromatic amines is 2. The van der Waals surface area contributed by atoms with E-state index in [0.29, 0.717) is 227 Å². The first-order chi connectivity index (χ1) is 67.3. The predicted molar refractivity (Wildman–Crippen MR) is 550 cm³/mol. The summed E-state index contributed by atoms with van der Waals surface area (Å²) in [6.07, 6.45) is 48.2. The molecule has 2 aliphatic heterocycles. The van der Waals surface area contributed by atoms with Crippen molar-refractivity contribution in [3.8, 4) is 91.0 Å². The lowest BCUT2D eigenvalue weighted by Crippen LogP contribution is -2.12. The van der Waals surface area contributed by atoms with Gasteiger partial charge < -0.3 is 105 Å². The Balaban J connectivity index is 1.26. The van der Waals surface area contributed by atoms with Crippen LogP contribution >= 0.6 is 0 Å². The van der Waals surface area contributed by atoms with Crippen molar-refractivity contribution in [2.45, 2.75) is 285 Å². The Morgan fingerprint density at radius 2 is 0.324 bits per heavy atom. The van der Waals surface area contributed by atoms with E-state index in [4.69, 9.17) is 105 Å². The maximum atomic E-state index is 7.01. The molecule has 0 spiro atoms. The van der Waals surface area contributed by atoms with Crippen LogP contribution in [0, 0.1) is 0 Å². The molecule has 0 atom stereocenters. The monoisotopic (exact) mass is 1900 g/mol. The summed E-state index contributed by atoms with van der Waals surface area (Å²) in [6, 6.07) is 25.6. The molecule has 0 saturated carbocycles. The Morgan fingerprint density at radius 1 is 0.169 bits per heavy atom. The number of hydrogen-bond donors (Lipinski definition) is 2. The highest BCUT2D eigenvalue weighted by molar-refractivity contribution is 6.12. The van der Waals surface area contributed by atoms with Crippen LogP contribution < -0.4 is 37.9 Å². The number of ether oxygens (including phenoxy) is 20. The number of nitrogens with zero attached hydrogens (tertiary/aromatic N) is 2. The van der Waals surface area contributed by atoms with Crippen LogP contribution in [-0.4, -0.2) is 233 Å². The van der Waals surface area contributed by atoms with Crippen LogP contribution in [-0.2, 0) is 56.8 Å². The van der Waals surface area contributed by atoms with E-state index >= 15 is 0 Å². The second-order valence-corrected chi connectivity index (χ2v) is 36.0. The maximum absolute atomic E-state index is 7.01. The molecule has 0 unspecified atom stereocenters. The summed E-state index contributed by atoms with van der Waals surface area (Å²) in [6.45, 7) is 20.9. The number of unbranched alkanes of at least 4 members (excludes halogenated alkanes) is 36. The average Bonchev–Trinajstić information content (AvgIpc) is 1.59. The SMILES string of the molecule is CCCCCCCCCCCCOc1cc2c(cc1OCCOCCOCCOC)-c1cc3[nH]c(cc4nc(cc5[nH]c(cc-2n1)c1cc(OCCCCCCCCCCCC)c(OCCOCCOCCOC)cc51)-c1cc(OCCCCCCCCCCCC)c(OCCOCCOCCOC)cc1-4)c1cc(OCCOCCOCCOC)c(OCCCCCCCCCCCC)cc31. The van der Waals surface area contributed by atoms with Crippen LogP contribution in [0.3, 0.4) is 0 Å². The van der Waals surface area contributed by atoms with Crippen molar-refractivity contribution in [3.63, 3.8) is 0 Å². The van der Waals surface area contributed by atoms with E-state index < -0.39 is 0 Å². The molecule has 0 amide bonds. The summed E-state index contributed by atoms with van der Waals surface area (Å²) in [5.74, 6) is 4.87. The van der Waals surface area contributed by atoms with Crippen LogP contribution in [0.4, 0.5) is 0 Å². The summed E-state index contributed by atoms with van der Waals surface area (Å²) < 4.78 is 124. The lowest BCUT2D eigenvalue weighted by atomic mass is 10.0. The molecule has 762 valence electrons. The normalized spacial score (nSPS) is 11.8. The predicted octanol–water partition coefficient (Wildman–Crippen LogP) is 26.7. The van der Waals surface area contributed by atoms with E-state index in [2.05, 4.69) is 110 Å². The van der Waals surface area contributed by atoms with Gasteiger partial charge in [0.05, 0.1) is 181 Å². The number of fused-ring (bicyclic) bond motifs is 20. The molecule has 24 heteroatoms. The molecule has 7 aromatic rings. The zero-order valence-corrected chi connectivity index (χ0v) is 85.1. The molecule has 2 N–H and O–H groups in total. The number of rotatable bonds is 88. The Kier molecular flexibility index (Phi) is 59.2. The summed E-state index contributed by atoms with van der Waals surface area (Å²) in [5.41, 5.74) is 9.41. The molecule has 0 radical (unpaired) electrons. The van der Waals surface area contributed by atoms with E-state index in [1.807, 2.05) is 0 Å². The lowest BCUT2D eigenvalue weighted by Gasteiger charge is -2.15. The molecule has 24 nitrogen and oxygen atoms in total. The van der Waals surface area contributed by atoms with Crippen LogP contribution in [0.1, 0.15) is 285 Å². The van der Waals surface area contributed by atoms with E-state index in [1.54, 1.807) is 28.4 Å². The van der Waals surface area contributed by atoms with Crippen molar-refractivity contribution < 1.29 is 94.7 Å². The number of H-pyrrole nitrogens is 2. The largest absolute Gasteiger partial charge is 0.490 e. The Morgan fingerprint density at radius 3 is 0.507 bits per heavy atom. The van der Waals surface area contributed by atoms with E-state index in [9.17, 15) is 0 Å². The van der Waals surface area contributed by atoms with Gasteiger partial charge in [0, 0.05) is 94.3 Å². The molecule has 0 aliphatic carbocycles. The number of nitrogens with one attached hydrogen (secondary N) is 2. The fraction of sp³-hybridized carbons (Fsp3) is 0.679. The zero-order valence-electron chi connectivity index (χ0n) is 85.1. The summed E-state index contributed by atoms with van der Waals surface area (Å²) in [5, 5.41) is 3.55. The third-order valence-corrected chi connectivity index (χ3v) is 24.9. The van der Waals surface area contributed by atoms with Crippen molar-refractivity contribution in [3.05, 3.63) is 72.8 Å².